The smallest absolute Gasteiger partial charge is 0.253 e. The van der Waals surface area contributed by atoms with E-state index in [1.165, 1.54) is 0 Å². The molecular formula is C12H15BrN2O. The van der Waals surface area contributed by atoms with E-state index < -0.39 is 0 Å². The first-order valence-electron chi connectivity index (χ1n) is 5.38. The standard InChI is InChI=1S/C12H15BrN2O/c1-8-4-9(6-10(13)5-8)12(16)15-3-2-11(14)7-15/h4-6,11H,2-3,7,14H2,1H3/t11-/m1/s1. The molecule has 1 saturated heterocycles. The molecule has 0 unspecified atom stereocenters. The molecular weight excluding hydrogens is 268 g/mol. The van der Waals surface area contributed by atoms with Crippen molar-refractivity contribution in [3.05, 3.63) is 33.8 Å². The van der Waals surface area contributed by atoms with Gasteiger partial charge in [0.2, 0.25) is 0 Å². The van der Waals surface area contributed by atoms with Crippen LogP contribution in [-0.4, -0.2) is 29.9 Å². The Morgan fingerprint density at radius 2 is 2.25 bits per heavy atom. The molecule has 0 bridgehead atoms. The van der Waals surface area contributed by atoms with E-state index in [9.17, 15) is 4.79 Å². The van der Waals surface area contributed by atoms with Crippen LogP contribution in [0.25, 0.3) is 0 Å². The molecule has 1 aliphatic heterocycles. The highest BCUT2D eigenvalue weighted by molar-refractivity contribution is 9.10. The van der Waals surface area contributed by atoms with E-state index in [-0.39, 0.29) is 11.9 Å². The summed E-state index contributed by atoms with van der Waals surface area (Å²) in [6.45, 7) is 3.42. The predicted molar refractivity (Wildman–Crippen MR) is 67.4 cm³/mol. The van der Waals surface area contributed by atoms with Gasteiger partial charge in [-0.05, 0) is 37.1 Å². The molecule has 1 aromatic rings. The van der Waals surface area contributed by atoms with E-state index >= 15 is 0 Å². The third-order valence-electron chi connectivity index (χ3n) is 2.80. The predicted octanol–water partition coefficient (Wildman–Crippen LogP) is 1.93. The lowest BCUT2D eigenvalue weighted by Gasteiger charge is -2.16. The summed E-state index contributed by atoms with van der Waals surface area (Å²) < 4.78 is 0.944. The van der Waals surface area contributed by atoms with Gasteiger partial charge in [-0.3, -0.25) is 4.79 Å². The van der Waals surface area contributed by atoms with Gasteiger partial charge in [-0.25, -0.2) is 0 Å². The van der Waals surface area contributed by atoms with Gasteiger partial charge in [-0.15, -0.1) is 0 Å². The number of carbonyl (C=O) groups is 1. The third kappa shape index (κ3) is 2.44. The lowest BCUT2D eigenvalue weighted by atomic mass is 10.1. The first kappa shape index (κ1) is 11.6. The molecule has 0 saturated carbocycles. The van der Waals surface area contributed by atoms with Crippen LogP contribution in [0.3, 0.4) is 0 Å². The van der Waals surface area contributed by atoms with Crippen molar-refractivity contribution < 1.29 is 4.79 Å². The lowest BCUT2D eigenvalue weighted by Crippen LogP contribution is -2.31. The van der Waals surface area contributed by atoms with Crippen molar-refractivity contribution >= 4 is 21.8 Å². The summed E-state index contributed by atoms with van der Waals surface area (Å²) >= 11 is 3.41. The number of amides is 1. The van der Waals surface area contributed by atoms with E-state index in [0.29, 0.717) is 6.54 Å². The molecule has 1 amide bonds. The van der Waals surface area contributed by atoms with E-state index in [1.807, 2.05) is 30.0 Å². The number of rotatable bonds is 1. The lowest BCUT2D eigenvalue weighted by molar-refractivity contribution is 0.0790. The average Bonchev–Trinajstić information content (AvgIpc) is 2.62. The zero-order chi connectivity index (χ0) is 11.7. The Bertz CT molecular complexity index is 399. The van der Waals surface area contributed by atoms with Crippen molar-refractivity contribution in [1.82, 2.24) is 4.90 Å². The van der Waals surface area contributed by atoms with Crippen LogP contribution in [0.1, 0.15) is 22.3 Å². The van der Waals surface area contributed by atoms with E-state index in [1.54, 1.807) is 0 Å². The second kappa shape index (κ2) is 4.55. The number of carbonyl (C=O) groups excluding carboxylic acids is 1. The molecule has 16 heavy (non-hydrogen) atoms. The highest BCUT2D eigenvalue weighted by Gasteiger charge is 2.24. The van der Waals surface area contributed by atoms with E-state index in [0.717, 1.165) is 28.6 Å². The fourth-order valence-electron chi connectivity index (χ4n) is 2.01. The van der Waals surface area contributed by atoms with Crippen molar-refractivity contribution in [2.24, 2.45) is 5.73 Å². The number of aryl methyl sites for hydroxylation is 1. The summed E-state index contributed by atoms with van der Waals surface area (Å²) in [5.74, 6) is 0.0809. The number of halogens is 1. The van der Waals surface area contributed by atoms with Gasteiger partial charge in [0, 0.05) is 29.2 Å². The summed E-state index contributed by atoms with van der Waals surface area (Å²) in [6.07, 6.45) is 0.902. The van der Waals surface area contributed by atoms with Gasteiger partial charge in [-0.1, -0.05) is 15.9 Å². The number of likely N-dealkylation sites (tertiary alicyclic amines) is 1. The quantitative estimate of drug-likeness (QED) is 0.856. The second-order valence-corrected chi connectivity index (χ2v) is 5.23. The maximum Gasteiger partial charge on any atom is 0.253 e. The van der Waals surface area contributed by atoms with Crippen LogP contribution in [0.15, 0.2) is 22.7 Å². The van der Waals surface area contributed by atoms with Gasteiger partial charge < -0.3 is 10.6 Å². The molecule has 3 nitrogen and oxygen atoms in total. The summed E-state index contributed by atoms with van der Waals surface area (Å²) in [6, 6.07) is 5.90. The normalized spacial score (nSPS) is 20.2. The van der Waals surface area contributed by atoms with Crippen LogP contribution >= 0.6 is 15.9 Å². The summed E-state index contributed by atoms with van der Waals surface area (Å²) in [5.41, 5.74) is 7.62. The average molecular weight is 283 g/mol. The molecule has 86 valence electrons. The molecule has 0 aliphatic carbocycles. The van der Waals surface area contributed by atoms with Gasteiger partial charge in [-0.2, -0.15) is 0 Å². The molecule has 1 aromatic carbocycles. The minimum atomic E-state index is 0.0809. The second-order valence-electron chi connectivity index (χ2n) is 4.32. The molecule has 0 radical (unpaired) electrons. The van der Waals surface area contributed by atoms with Crippen molar-refractivity contribution in [3.8, 4) is 0 Å². The Kier molecular flexibility index (Phi) is 3.30. The Balaban J connectivity index is 2.20. The molecule has 1 atom stereocenters. The summed E-state index contributed by atoms with van der Waals surface area (Å²) in [7, 11) is 0. The van der Waals surface area contributed by atoms with Crippen LogP contribution < -0.4 is 5.73 Å². The molecule has 4 heteroatoms. The van der Waals surface area contributed by atoms with Crippen LogP contribution in [0, 0.1) is 6.92 Å². The molecule has 2 rings (SSSR count). The van der Waals surface area contributed by atoms with Crippen LogP contribution in [0.2, 0.25) is 0 Å². The van der Waals surface area contributed by atoms with E-state index in [2.05, 4.69) is 15.9 Å². The highest BCUT2D eigenvalue weighted by atomic mass is 79.9. The minimum absolute atomic E-state index is 0.0809. The molecule has 1 heterocycles. The van der Waals surface area contributed by atoms with Crippen molar-refractivity contribution in [1.29, 1.82) is 0 Å². The highest BCUT2D eigenvalue weighted by Crippen LogP contribution is 2.18. The number of hydrogen-bond acceptors (Lipinski definition) is 2. The largest absolute Gasteiger partial charge is 0.337 e. The molecule has 0 aromatic heterocycles. The van der Waals surface area contributed by atoms with Gasteiger partial charge >= 0.3 is 0 Å². The first-order valence-corrected chi connectivity index (χ1v) is 6.17. The first-order chi connectivity index (χ1) is 7.56. The maximum atomic E-state index is 12.1. The third-order valence-corrected chi connectivity index (χ3v) is 3.26. The fourth-order valence-corrected chi connectivity index (χ4v) is 2.62. The fraction of sp³-hybridized carbons (Fsp3) is 0.417. The zero-order valence-electron chi connectivity index (χ0n) is 9.24. The van der Waals surface area contributed by atoms with Crippen molar-refractivity contribution in [2.75, 3.05) is 13.1 Å². The number of nitrogens with two attached hydrogens (primary N) is 1. The SMILES string of the molecule is Cc1cc(Br)cc(C(=O)N2CC[C@@H](N)C2)c1. The van der Waals surface area contributed by atoms with E-state index in [4.69, 9.17) is 5.73 Å². The van der Waals surface area contributed by atoms with Crippen LogP contribution in [0.4, 0.5) is 0 Å². The summed E-state index contributed by atoms with van der Waals surface area (Å²) in [5, 5.41) is 0. The molecule has 0 spiro atoms. The van der Waals surface area contributed by atoms with Crippen molar-refractivity contribution in [2.45, 2.75) is 19.4 Å². The number of nitrogens with zero attached hydrogens (tertiary/aromatic N) is 1. The molecule has 1 aliphatic rings. The van der Waals surface area contributed by atoms with Gasteiger partial charge in [0.1, 0.15) is 0 Å². The zero-order valence-corrected chi connectivity index (χ0v) is 10.8. The van der Waals surface area contributed by atoms with Gasteiger partial charge in [0.05, 0.1) is 0 Å². The Morgan fingerprint density at radius 1 is 1.50 bits per heavy atom. The Labute approximate surface area is 104 Å². The topological polar surface area (TPSA) is 46.3 Å². The monoisotopic (exact) mass is 282 g/mol. The van der Waals surface area contributed by atoms with Crippen molar-refractivity contribution in [3.63, 3.8) is 0 Å². The Morgan fingerprint density at radius 3 is 2.81 bits per heavy atom. The van der Waals surface area contributed by atoms with Crippen LogP contribution in [0.5, 0.6) is 0 Å². The molecule has 1 fully saturated rings. The maximum absolute atomic E-state index is 12.1. The molecule has 2 N–H and O–H groups in total. The van der Waals surface area contributed by atoms with Gasteiger partial charge in [0.25, 0.3) is 5.91 Å². The minimum Gasteiger partial charge on any atom is -0.337 e. The summed E-state index contributed by atoms with van der Waals surface area (Å²) in [4.78, 5) is 14.0. The number of hydrogen-bond donors (Lipinski definition) is 1. The van der Waals surface area contributed by atoms with Gasteiger partial charge in [0.15, 0.2) is 0 Å². The Hall–Kier alpha value is -0.870. The number of benzene rings is 1. The van der Waals surface area contributed by atoms with Crippen LogP contribution in [-0.2, 0) is 0 Å².